The fourth-order valence-electron chi connectivity index (χ4n) is 3.30. The number of fused-ring (bicyclic) bond motifs is 3. The Morgan fingerprint density at radius 2 is 1.81 bits per heavy atom. The normalized spacial score (nSPS) is 12.9. The number of imidazole rings is 2. The largest absolute Gasteiger partial charge is 0.394 e. The van der Waals surface area contributed by atoms with Gasteiger partial charge in [0, 0.05) is 20.3 Å². The molecule has 1 atom stereocenters. The van der Waals surface area contributed by atoms with Gasteiger partial charge in [-0.05, 0) is 5.56 Å². The third-order valence-corrected chi connectivity index (χ3v) is 4.73. The van der Waals surface area contributed by atoms with E-state index in [1.165, 1.54) is 11.6 Å². The van der Waals surface area contributed by atoms with Crippen molar-refractivity contribution >= 4 is 16.9 Å². The van der Waals surface area contributed by atoms with Crippen LogP contribution in [0, 0.1) is 0 Å². The summed E-state index contributed by atoms with van der Waals surface area (Å²) in [5.74, 6) is 0.412. The van der Waals surface area contributed by atoms with E-state index in [4.69, 9.17) is 0 Å². The van der Waals surface area contributed by atoms with Crippen LogP contribution < -0.4 is 11.2 Å². The average Bonchev–Trinajstić information content (AvgIpc) is 3.22. The van der Waals surface area contributed by atoms with Crippen molar-refractivity contribution < 1.29 is 10.2 Å². The fourth-order valence-corrected chi connectivity index (χ4v) is 3.30. The first-order valence-electron chi connectivity index (χ1n) is 8.45. The molecule has 0 spiro atoms. The highest BCUT2D eigenvalue weighted by Crippen LogP contribution is 2.25. The lowest BCUT2D eigenvalue weighted by Gasteiger charge is -2.12. The second-order valence-corrected chi connectivity index (χ2v) is 6.49. The lowest BCUT2D eigenvalue weighted by atomic mass is 10.1. The Labute approximate surface area is 153 Å². The molecule has 9 heteroatoms. The van der Waals surface area contributed by atoms with Crippen LogP contribution in [0.15, 0.2) is 46.1 Å². The van der Waals surface area contributed by atoms with E-state index < -0.39 is 24.0 Å². The fraction of sp³-hybridized carbons (Fsp3) is 0.278. The second kappa shape index (κ2) is 6.22. The second-order valence-electron chi connectivity index (χ2n) is 6.49. The molecule has 0 bridgehead atoms. The number of nitrogens with zero attached hydrogens (tertiary/aromatic N) is 5. The summed E-state index contributed by atoms with van der Waals surface area (Å²) in [7, 11) is 2.98. The van der Waals surface area contributed by atoms with Crippen molar-refractivity contribution in [2.75, 3.05) is 6.61 Å². The molecule has 0 amide bonds. The monoisotopic (exact) mass is 369 g/mol. The minimum Gasteiger partial charge on any atom is -0.394 e. The van der Waals surface area contributed by atoms with E-state index in [2.05, 4.69) is 4.98 Å². The molecule has 27 heavy (non-hydrogen) atoms. The molecule has 0 radical (unpaired) electrons. The van der Waals surface area contributed by atoms with Gasteiger partial charge in [-0.3, -0.25) is 18.3 Å². The van der Waals surface area contributed by atoms with Crippen LogP contribution in [0.4, 0.5) is 0 Å². The molecule has 0 saturated carbocycles. The number of benzene rings is 1. The van der Waals surface area contributed by atoms with Gasteiger partial charge < -0.3 is 14.8 Å². The molecule has 0 aliphatic heterocycles. The minimum atomic E-state index is -0.991. The van der Waals surface area contributed by atoms with E-state index >= 15 is 0 Å². The lowest BCUT2D eigenvalue weighted by molar-refractivity contribution is 0.0823. The smallest absolute Gasteiger partial charge is 0.332 e. The Morgan fingerprint density at radius 1 is 1.11 bits per heavy atom. The molecule has 3 aromatic heterocycles. The summed E-state index contributed by atoms with van der Waals surface area (Å²) in [6.45, 7) is -0.312. The van der Waals surface area contributed by atoms with Gasteiger partial charge in [0.05, 0.1) is 24.9 Å². The van der Waals surface area contributed by atoms with Gasteiger partial charge in [0.25, 0.3) is 5.56 Å². The van der Waals surface area contributed by atoms with E-state index in [0.717, 1.165) is 15.8 Å². The summed E-state index contributed by atoms with van der Waals surface area (Å²) in [6, 6.07) is 9.49. The molecule has 0 aliphatic rings. The molecule has 140 valence electrons. The maximum Gasteiger partial charge on any atom is 0.332 e. The zero-order valence-corrected chi connectivity index (χ0v) is 14.9. The van der Waals surface area contributed by atoms with Crippen molar-refractivity contribution in [2.24, 2.45) is 14.1 Å². The van der Waals surface area contributed by atoms with Gasteiger partial charge in [-0.2, -0.15) is 4.98 Å². The predicted molar refractivity (Wildman–Crippen MR) is 99.7 cm³/mol. The maximum absolute atomic E-state index is 12.7. The SMILES string of the molecule is Cn1c(=O)c2c(nc3n(C[C@H](O)CO)c(-c4ccccc4)cn23)n(C)c1=O. The molecule has 0 unspecified atom stereocenters. The van der Waals surface area contributed by atoms with Crippen molar-refractivity contribution in [3.8, 4) is 11.3 Å². The molecule has 3 heterocycles. The van der Waals surface area contributed by atoms with Crippen molar-refractivity contribution in [1.82, 2.24) is 23.1 Å². The summed E-state index contributed by atoms with van der Waals surface area (Å²) in [5, 5.41) is 19.3. The quantitative estimate of drug-likeness (QED) is 0.514. The van der Waals surface area contributed by atoms with E-state index in [1.807, 2.05) is 30.3 Å². The number of hydrogen-bond acceptors (Lipinski definition) is 5. The highest BCUT2D eigenvalue weighted by atomic mass is 16.3. The van der Waals surface area contributed by atoms with E-state index in [9.17, 15) is 19.8 Å². The molecule has 4 rings (SSSR count). The van der Waals surface area contributed by atoms with Crippen LogP contribution in [0.2, 0.25) is 0 Å². The zero-order valence-electron chi connectivity index (χ0n) is 14.9. The van der Waals surface area contributed by atoms with Crippen LogP contribution in [0.5, 0.6) is 0 Å². The average molecular weight is 369 g/mol. The number of hydrogen-bond donors (Lipinski definition) is 2. The van der Waals surface area contributed by atoms with Gasteiger partial charge in [-0.15, -0.1) is 0 Å². The van der Waals surface area contributed by atoms with Gasteiger partial charge in [-0.1, -0.05) is 30.3 Å². The van der Waals surface area contributed by atoms with Crippen LogP contribution in [0.3, 0.4) is 0 Å². The molecule has 2 N–H and O–H groups in total. The predicted octanol–water partition coefficient (Wildman–Crippen LogP) is -0.293. The van der Waals surface area contributed by atoms with Gasteiger partial charge >= 0.3 is 5.69 Å². The first kappa shape index (κ1) is 17.3. The van der Waals surface area contributed by atoms with Crippen LogP contribution in [-0.4, -0.2) is 46.0 Å². The van der Waals surface area contributed by atoms with Crippen LogP contribution in [0.1, 0.15) is 0 Å². The Morgan fingerprint density at radius 3 is 2.48 bits per heavy atom. The van der Waals surface area contributed by atoms with Gasteiger partial charge in [0.2, 0.25) is 5.78 Å². The standard InChI is InChI=1S/C18H19N5O4/c1-20-15-14(16(26)21(2)18(20)27)23-9-13(11-6-4-3-5-7-11)22(17(23)19-15)8-12(25)10-24/h3-7,9,12,24-25H,8,10H2,1-2H3/t12-/m0/s1. The third kappa shape index (κ3) is 2.51. The van der Waals surface area contributed by atoms with Crippen molar-refractivity contribution in [2.45, 2.75) is 12.6 Å². The number of aliphatic hydroxyl groups excluding tert-OH is 2. The van der Waals surface area contributed by atoms with Crippen LogP contribution in [0.25, 0.3) is 28.2 Å². The maximum atomic E-state index is 12.7. The Balaban J connectivity index is 2.12. The molecule has 0 fully saturated rings. The Bertz CT molecular complexity index is 1260. The Kier molecular flexibility index (Phi) is 3.97. The molecular weight excluding hydrogens is 350 g/mol. The summed E-state index contributed by atoms with van der Waals surface area (Å²) >= 11 is 0. The lowest BCUT2D eigenvalue weighted by Crippen LogP contribution is -2.37. The molecule has 4 aromatic rings. The highest BCUT2D eigenvalue weighted by Gasteiger charge is 2.21. The summed E-state index contributed by atoms with van der Waals surface area (Å²) < 4.78 is 5.72. The summed E-state index contributed by atoms with van der Waals surface area (Å²) in [4.78, 5) is 29.4. The van der Waals surface area contributed by atoms with Gasteiger partial charge in [-0.25, -0.2) is 4.79 Å². The summed E-state index contributed by atoms with van der Waals surface area (Å²) in [5.41, 5.74) is 1.26. The molecule has 1 aromatic carbocycles. The first-order valence-corrected chi connectivity index (χ1v) is 8.45. The van der Waals surface area contributed by atoms with Crippen LogP contribution >= 0.6 is 0 Å². The number of rotatable bonds is 4. The number of aryl methyl sites for hydroxylation is 1. The van der Waals surface area contributed by atoms with E-state index in [0.29, 0.717) is 5.78 Å². The van der Waals surface area contributed by atoms with Crippen LogP contribution in [-0.2, 0) is 20.6 Å². The van der Waals surface area contributed by atoms with Crippen molar-refractivity contribution in [1.29, 1.82) is 0 Å². The number of aromatic nitrogens is 5. The topological polar surface area (TPSA) is 107 Å². The molecule has 0 saturated heterocycles. The minimum absolute atomic E-state index is 0.0921. The first-order chi connectivity index (χ1) is 12.9. The Hall–Kier alpha value is -3.17. The zero-order chi connectivity index (χ0) is 19.3. The van der Waals surface area contributed by atoms with Gasteiger partial charge in [0.15, 0.2) is 11.2 Å². The van der Waals surface area contributed by atoms with Gasteiger partial charge in [0.1, 0.15) is 0 Å². The highest BCUT2D eigenvalue weighted by molar-refractivity contribution is 5.78. The van der Waals surface area contributed by atoms with Crippen molar-refractivity contribution in [3.05, 3.63) is 57.4 Å². The molecule has 0 aliphatic carbocycles. The third-order valence-electron chi connectivity index (χ3n) is 4.73. The summed E-state index contributed by atoms with van der Waals surface area (Å²) in [6.07, 6.45) is 0.769. The molecular formula is C18H19N5O4. The van der Waals surface area contributed by atoms with E-state index in [1.54, 1.807) is 22.2 Å². The van der Waals surface area contributed by atoms with E-state index in [-0.39, 0.29) is 17.7 Å². The van der Waals surface area contributed by atoms with Crippen molar-refractivity contribution in [3.63, 3.8) is 0 Å². The number of aliphatic hydroxyl groups is 2. The molecule has 9 nitrogen and oxygen atoms in total.